The molecule has 0 aliphatic heterocycles. The van der Waals surface area contributed by atoms with Gasteiger partial charge in [0.15, 0.2) is 0 Å². The first-order valence-electron chi connectivity index (χ1n) is 10.1. The van der Waals surface area contributed by atoms with E-state index in [1.807, 2.05) is 42.5 Å². The molecule has 5 aromatic rings. The van der Waals surface area contributed by atoms with Crippen LogP contribution in [0.15, 0.2) is 95.5 Å². The monoisotopic (exact) mass is 612 g/mol. The van der Waals surface area contributed by atoms with Crippen LogP contribution in [0.2, 0.25) is 0 Å². The molecule has 0 atom stereocenters. The third-order valence-electron chi connectivity index (χ3n) is 5.16. The Bertz CT molecular complexity index is 1300. The van der Waals surface area contributed by atoms with E-state index < -0.39 is 0 Å². The first kappa shape index (κ1) is 21.5. The average molecular weight is 613 g/mol. The second kappa shape index (κ2) is 9.64. The summed E-state index contributed by atoms with van der Waals surface area (Å²) in [6.07, 6.45) is 0.831. The highest BCUT2D eigenvalue weighted by atomic mass is 127. The maximum Gasteiger partial charge on any atom is 0.206 e. The van der Waals surface area contributed by atoms with Gasteiger partial charge in [-0.3, -0.25) is 0 Å². The molecule has 0 aliphatic rings. The maximum absolute atomic E-state index is 4.86. The summed E-state index contributed by atoms with van der Waals surface area (Å²) in [6, 6.07) is 31.1. The average Bonchev–Trinajstić information content (AvgIpc) is 3.42. The van der Waals surface area contributed by atoms with Crippen molar-refractivity contribution in [1.82, 2.24) is 20.2 Å². The first-order chi connectivity index (χ1) is 15.7. The van der Waals surface area contributed by atoms with Gasteiger partial charge in [-0.05, 0) is 62.7 Å². The SMILES string of the molecule is Brc1cccc(Cc2sc(I)cc2-c2nnn(C(c3ccccc3)c3ccccc3)n2)c1. The van der Waals surface area contributed by atoms with Crippen molar-refractivity contribution in [3.05, 3.63) is 120 Å². The molecule has 0 fully saturated rings. The highest BCUT2D eigenvalue weighted by Crippen LogP contribution is 2.33. The van der Waals surface area contributed by atoms with E-state index in [-0.39, 0.29) is 6.04 Å². The Balaban J connectivity index is 1.53. The lowest BCUT2D eigenvalue weighted by Gasteiger charge is -2.16. The third kappa shape index (κ3) is 4.69. The molecular weight excluding hydrogens is 595 g/mol. The van der Waals surface area contributed by atoms with Crippen LogP contribution in [0.1, 0.15) is 27.6 Å². The molecule has 7 heteroatoms. The Kier molecular flexibility index (Phi) is 6.47. The summed E-state index contributed by atoms with van der Waals surface area (Å²) in [5.41, 5.74) is 4.54. The number of thiophene rings is 1. The van der Waals surface area contributed by atoms with Gasteiger partial charge in [-0.2, -0.15) is 4.80 Å². The smallest absolute Gasteiger partial charge is 0.152 e. The molecule has 3 aromatic carbocycles. The number of hydrogen-bond acceptors (Lipinski definition) is 4. The predicted molar refractivity (Wildman–Crippen MR) is 141 cm³/mol. The normalized spacial score (nSPS) is 11.2. The lowest BCUT2D eigenvalue weighted by molar-refractivity contribution is 0.505. The summed E-state index contributed by atoms with van der Waals surface area (Å²) >= 11 is 7.71. The topological polar surface area (TPSA) is 43.6 Å². The fourth-order valence-electron chi connectivity index (χ4n) is 3.72. The minimum Gasteiger partial charge on any atom is -0.152 e. The Labute approximate surface area is 212 Å². The standard InChI is InChI=1S/C25H18BrIN4S/c26-20-13-7-8-17(14-20)15-22-21(16-23(27)32-22)25-28-30-31(29-25)24(18-9-3-1-4-10-18)19-11-5-2-6-12-19/h1-14,16,24H,15H2. The van der Waals surface area contributed by atoms with Gasteiger partial charge in [-0.25, -0.2) is 0 Å². The highest BCUT2D eigenvalue weighted by molar-refractivity contribution is 14.1. The second-order valence-corrected chi connectivity index (χ2v) is 11.3. The fourth-order valence-corrected chi connectivity index (χ4v) is 6.19. The molecule has 4 nitrogen and oxygen atoms in total. The molecule has 158 valence electrons. The zero-order chi connectivity index (χ0) is 21.9. The van der Waals surface area contributed by atoms with E-state index >= 15 is 0 Å². The minimum atomic E-state index is -0.134. The fraction of sp³-hybridized carbons (Fsp3) is 0.0800. The van der Waals surface area contributed by atoms with Crippen molar-refractivity contribution in [3.8, 4) is 11.4 Å². The van der Waals surface area contributed by atoms with Gasteiger partial charge >= 0.3 is 0 Å². The molecule has 2 aromatic heterocycles. The maximum atomic E-state index is 4.86. The number of tetrazole rings is 1. The molecule has 0 unspecified atom stereocenters. The number of nitrogens with zero attached hydrogens (tertiary/aromatic N) is 4. The van der Waals surface area contributed by atoms with Gasteiger partial charge in [0.25, 0.3) is 0 Å². The summed E-state index contributed by atoms with van der Waals surface area (Å²) in [7, 11) is 0. The van der Waals surface area contributed by atoms with Crippen LogP contribution < -0.4 is 0 Å². The second-order valence-electron chi connectivity index (χ2n) is 7.35. The zero-order valence-electron chi connectivity index (χ0n) is 16.9. The van der Waals surface area contributed by atoms with E-state index in [2.05, 4.69) is 97.4 Å². The molecule has 0 bridgehead atoms. The molecule has 0 saturated carbocycles. The van der Waals surface area contributed by atoms with Crippen LogP contribution in [0.5, 0.6) is 0 Å². The number of hydrogen-bond donors (Lipinski definition) is 0. The van der Waals surface area contributed by atoms with Crippen molar-refractivity contribution >= 4 is 49.9 Å². The summed E-state index contributed by atoms with van der Waals surface area (Å²) in [4.78, 5) is 2.97. The lowest BCUT2D eigenvalue weighted by Crippen LogP contribution is -2.15. The molecule has 0 amide bonds. The van der Waals surface area contributed by atoms with Crippen LogP contribution in [0.4, 0.5) is 0 Å². The molecular formula is C25H18BrIN4S. The number of halogens is 2. The van der Waals surface area contributed by atoms with E-state index in [9.17, 15) is 0 Å². The Morgan fingerprint density at radius 2 is 1.56 bits per heavy atom. The van der Waals surface area contributed by atoms with Gasteiger partial charge in [-0.15, -0.1) is 21.5 Å². The van der Waals surface area contributed by atoms with E-state index in [0.717, 1.165) is 27.6 Å². The van der Waals surface area contributed by atoms with E-state index in [0.29, 0.717) is 5.82 Å². The van der Waals surface area contributed by atoms with Crippen molar-refractivity contribution < 1.29 is 0 Å². The number of rotatable bonds is 6. The number of aromatic nitrogens is 4. The van der Waals surface area contributed by atoms with Crippen LogP contribution in [-0.2, 0) is 6.42 Å². The van der Waals surface area contributed by atoms with E-state index in [1.54, 1.807) is 16.1 Å². The summed E-state index contributed by atoms with van der Waals surface area (Å²) < 4.78 is 2.29. The van der Waals surface area contributed by atoms with Crippen LogP contribution in [-0.4, -0.2) is 20.2 Å². The van der Waals surface area contributed by atoms with Crippen molar-refractivity contribution in [2.45, 2.75) is 12.5 Å². The van der Waals surface area contributed by atoms with Crippen LogP contribution in [0.3, 0.4) is 0 Å². The zero-order valence-corrected chi connectivity index (χ0v) is 21.5. The molecule has 0 aliphatic carbocycles. The summed E-state index contributed by atoms with van der Waals surface area (Å²) in [5, 5.41) is 13.8. The minimum absolute atomic E-state index is 0.134. The molecule has 2 heterocycles. The highest BCUT2D eigenvalue weighted by Gasteiger charge is 2.22. The molecule has 32 heavy (non-hydrogen) atoms. The van der Waals surface area contributed by atoms with Crippen LogP contribution in [0, 0.1) is 2.88 Å². The number of benzene rings is 3. The predicted octanol–water partition coefficient (Wildman–Crippen LogP) is 7.00. The van der Waals surface area contributed by atoms with Crippen molar-refractivity contribution in [2.75, 3.05) is 0 Å². The largest absolute Gasteiger partial charge is 0.206 e. The van der Waals surface area contributed by atoms with Crippen LogP contribution >= 0.6 is 49.9 Å². The van der Waals surface area contributed by atoms with Gasteiger partial charge in [0.1, 0.15) is 6.04 Å². The third-order valence-corrected chi connectivity index (χ3v) is 7.55. The van der Waals surface area contributed by atoms with Crippen molar-refractivity contribution in [1.29, 1.82) is 0 Å². The lowest BCUT2D eigenvalue weighted by atomic mass is 9.99. The Morgan fingerprint density at radius 1 is 0.875 bits per heavy atom. The Morgan fingerprint density at radius 3 is 2.22 bits per heavy atom. The van der Waals surface area contributed by atoms with Gasteiger partial charge in [-0.1, -0.05) is 88.7 Å². The van der Waals surface area contributed by atoms with Gasteiger partial charge in [0, 0.05) is 21.3 Å². The summed E-state index contributed by atoms with van der Waals surface area (Å²) in [6.45, 7) is 0. The van der Waals surface area contributed by atoms with E-state index in [1.165, 1.54) is 13.3 Å². The van der Waals surface area contributed by atoms with Crippen molar-refractivity contribution in [3.63, 3.8) is 0 Å². The van der Waals surface area contributed by atoms with E-state index in [4.69, 9.17) is 5.10 Å². The van der Waals surface area contributed by atoms with Gasteiger partial charge in [0.05, 0.1) is 2.88 Å². The Hall–Kier alpha value is -2.36. The first-order valence-corrected chi connectivity index (χ1v) is 12.8. The molecule has 5 rings (SSSR count). The molecule has 0 spiro atoms. The summed E-state index contributed by atoms with van der Waals surface area (Å²) in [5.74, 6) is 0.658. The van der Waals surface area contributed by atoms with Crippen molar-refractivity contribution in [2.24, 2.45) is 0 Å². The van der Waals surface area contributed by atoms with Gasteiger partial charge < -0.3 is 0 Å². The quantitative estimate of drug-likeness (QED) is 0.194. The molecule has 0 saturated heterocycles. The molecule has 0 radical (unpaired) electrons. The molecule has 0 N–H and O–H groups in total. The van der Waals surface area contributed by atoms with Crippen LogP contribution in [0.25, 0.3) is 11.4 Å². The van der Waals surface area contributed by atoms with Gasteiger partial charge in [0.2, 0.25) is 5.82 Å².